The van der Waals surface area contributed by atoms with Crippen molar-refractivity contribution >= 4 is 34.9 Å². The third kappa shape index (κ3) is 5.09. The average molecular weight is 447 g/mol. The lowest BCUT2D eigenvalue weighted by Crippen LogP contribution is -2.20. The highest BCUT2D eigenvalue weighted by molar-refractivity contribution is 7.99. The molecule has 1 amide bonds. The van der Waals surface area contributed by atoms with Crippen molar-refractivity contribution in [1.82, 2.24) is 15.0 Å². The van der Waals surface area contributed by atoms with E-state index in [-0.39, 0.29) is 17.4 Å². The van der Waals surface area contributed by atoms with Gasteiger partial charge in [0.25, 0.3) is 5.91 Å². The predicted molar refractivity (Wildman–Crippen MR) is 126 cm³/mol. The first-order valence-corrected chi connectivity index (χ1v) is 10.9. The molecule has 7 nitrogen and oxygen atoms in total. The van der Waals surface area contributed by atoms with E-state index in [2.05, 4.69) is 27.2 Å². The zero-order chi connectivity index (χ0) is 22.3. The monoisotopic (exact) mass is 446 g/mol. The summed E-state index contributed by atoms with van der Waals surface area (Å²) in [6, 6.07) is 22.9. The van der Waals surface area contributed by atoms with Crippen LogP contribution in [-0.2, 0) is 11.3 Å². The Morgan fingerprint density at radius 3 is 2.75 bits per heavy atom. The molecule has 0 saturated carbocycles. The maximum Gasteiger partial charge on any atom is 0.250 e. The lowest BCUT2D eigenvalue weighted by molar-refractivity contribution is -0.118. The summed E-state index contributed by atoms with van der Waals surface area (Å²) in [5.41, 5.74) is 6.30. The van der Waals surface area contributed by atoms with Gasteiger partial charge >= 0.3 is 0 Å². The summed E-state index contributed by atoms with van der Waals surface area (Å²) in [6.45, 7) is 0.673. The fourth-order valence-corrected chi connectivity index (χ4v) is 4.00. The SMILES string of the molecule is COc1cc(/C=N\NC(=O)CSc2nc3ccccc3n2Cc2ccccc2)ccc1O. The van der Waals surface area contributed by atoms with Crippen molar-refractivity contribution in [2.75, 3.05) is 12.9 Å². The number of rotatable bonds is 8. The van der Waals surface area contributed by atoms with Crippen molar-refractivity contribution in [3.05, 3.63) is 83.9 Å². The van der Waals surface area contributed by atoms with Crippen LogP contribution >= 0.6 is 11.8 Å². The van der Waals surface area contributed by atoms with E-state index < -0.39 is 0 Å². The summed E-state index contributed by atoms with van der Waals surface area (Å²) in [5.74, 6) is 0.320. The van der Waals surface area contributed by atoms with E-state index in [1.807, 2.05) is 42.5 Å². The van der Waals surface area contributed by atoms with Gasteiger partial charge in [0.05, 0.1) is 36.7 Å². The zero-order valence-corrected chi connectivity index (χ0v) is 18.2. The lowest BCUT2D eigenvalue weighted by atomic mass is 10.2. The summed E-state index contributed by atoms with van der Waals surface area (Å²) in [4.78, 5) is 17.0. The molecular weight excluding hydrogens is 424 g/mol. The van der Waals surface area contributed by atoms with Crippen LogP contribution in [0.1, 0.15) is 11.1 Å². The summed E-state index contributed by atoms with van der Waals surface area (Å²) < 4.78 is 7.19. The molecule has 0 fully saturated rings. The van der Waals surface area contributed by atoms with Gasteiger partial charge in [0, 0.05) is 0 Å². The molecular formula is C24H22N4O3S. The second kappa shape index (κ2) is 10.0. The Morgan fingerprint density at radius 2 is 1.94 bits per heavy atom. The van der Waals surface area contributed by atoms with Crippen molar-refractivity contribution < 1.29 is 14.6 Å². The third-order valence-electron chi connectivity index (χ3n) is 4.74. The van der Waals surface area contributed by atoms with E-state index in [4.69, 9.17) is 9.72 Å². The van der Waals surface area contributed by atoms with Crippen LogP contribution in [0.15, 0.2) is 83.1 Å². The molecule has 0 bridgehead atoms. The highest BCUT2D eigenvalue weighted by atomic mass is 32.2. The number of amides is 1. The number of benzene rings is 3. The second-order valence-electron chi connectivity index (χ2n) is 6.97. The number of carbonyl (C=O) groups excluding carboxylic acids is 1. The van der Waals surface area contributed by atoms with Crippen LogP contribution in [0.2, 0.25) is 0 Å². The highest BCUT2D eigenvalue weighted by Crippen LogP contribution is 2.26. The van der Waals surface area contributed by atoms with Crippen LogP contribution in [0.4, 0.5) is 0 Å². The van der Waals surface area contributed by atoms with Crippen LogP contribution < -0.4 is 10.2 Å². The molecule has 0 aliphatic rings. The molecule has 2 N–H and O–H groups in total. The van der Waals surface area contributed by atoms with Crippen LogP contribution in [0, 0.1) is 0 Å². The van der Waals surface area contributed by atoms with Gasteiger partial charge in [0.1, 0.15) is 0 Å². The molecule has 0 radical (unpaired) electrons. The molecule has 0 aliphatic heterocycles. The second-order valence-corrected chi connectivity index (χ2v) is 7.91. The molecule has 0 saturated heterocycles. The van der Waals surface area contributed by atoms with Crippen molar-refractivity contribution in [3.8, 4) is 11.5 Å². The van der Waals surface area contributed by atoms with Crippen molar-refractivity contribution in [2.45, 2.75) is 11.7 Å². The van der Waals surface area contributed by atoms with Crippen molar-refractivity contribution in [3.63, 3.8) is 0 Å². The number of imidazole rings is 1. The molecule has 1 aromatic heterocycles. The number of hydrogen-bond acceptors (Lipinski definition) is 6. The minimum absolute atomic E-state index is 0.0449. The number of thioether (sulfide) groups is 1. The Morgan fingerprint density at radius 1 is 1.16 bits per heavy atom. The summed E-state index contributed by atoms with van der Waals surface area (Å²) >= 11 is 1.37. The fraction of sp³-hybridized carbons (Fsp3) is 0.125. The summed E-state index contributed by atoms with van der Waals surface area (Å²) in [7, 11) is 1.47. The van der Waals surface area contributed by atoms with Gasteiger partial charge in [-0.2, -0.15) is 5.10 Å². The van der Waals surface area contributed by atoms with Crippen LogP contribution in [0.3, 0.4) is 0 Å². The van der Waals surface area contributed by atoms with E-state index in [1.54, 1.807) is 12.1 Å². The number of methoxy groups -OCH3 is 1. The van der Waals surface area contributed by atoms with Crippen LogP contribution in [0.25, 0.3) is 11.0 Å². The van der Waals surface area contributed by atoms with Gasteiger partial charge in [0.2, 0.25) is 0 Å². The third-order valence-corrected chi connectivity index (χ3v) is 5.72. The first kappa shape index (κ1) is 21.5. The number of phenols is 1. The van der Waals surface area contributed by atoms with E-state index >= 15 is 0 Å². The zero-order valence-electron chi connectivity index (χ0n) is 17.4. The van der Waals surface area contributed by atoms with E-state index in [1.165, 1.54) is 31.2 Å². The Balaban J connectivity index is 1.42. The largest absolute Gasteiger partial charge is 0.504 e. The molecule has 0 spiro atoms. The maximum atomic E-state index is 12.3. The molecule has 4 aromatic rings. The molecule has 0 unspecified atom stereocenters. The smallest absolute Gasteiger partial charge is 0.250 e. The van der Waals surface area contributed by atoms with Gasteiger partial charge in [-0.05, 0) is 41.5 Å². The Labute approximate surface area is 189 Å². The molecule has 0 aliphatic carbocycles. The van der Waals surface area contributed by atoms with E-state index in [9.17, 15) is 9.90 Å². The van der Waals surface area contributed by atoms with Gasteiger partial charge < -0.3 is 14.4 Å². The number of para-hydroxylation sites is 2. The van der Waals surface area contributed by atoms with Gasteiger partial charge in [-0.3, -0.25) is 4.79 Å². The summed E-state index contributed by atoms with van der Waals surface area (Å²) in [5, 5.41) is 14.4. The number of aromatic hydroxyl groups is 1. The number of hydrazone groups is 1. The fourth-order valence-electron chi connectivity index (χ4n) is 3.20. The number of nitrogens with one attached hydrogen (secondary N) is 1. The topological polar surface area (TPSA) is 88.7 Å². The molecule has 0 atom stereocenters. The minimum Gasteiger partial charge on any atom is -0.504 e. The standard InChI is InChI=1S/C24H22N4O3S/c1-31-22-13-18(11-12-21(22)29)14-25-27-23(30)16-32-24-26-19-9-5-6-10-20(19)28(24)15-17-7-3-2-4-8-17/h2-14,29H,15-16H2,1H3,(H,27,30)/b25-14-. The Kier molecular flexibility index (Phi) is 6.72. The van der Waals surface area contributed by atoms with Gasteiger partial charge in [-0.1, -0.05) is 54.2 Å². The first-order chi connectivity index (χ1) is 15.6. The number of phenolic OH excluding ortho intramolecular Hbond substituents is 1. The molecule has 4 rings (SSSR count). The quantitative estimate of drug-likeness (QED) is 0.242. The minimum atomic E-state index is -0.240. The number of aromatic nitrogens is 2. The number of carbonyl (C=O) groups is 1. The predicted octanol–water partition coefficient (Wildman–Crippen LogP) is 4.04. The molecule has 1 heterocycles. The maximum absolute atomic E-state index is 12.3. The van der Waals surface area contributed by atoms with Crippen molar-refractivity contribution in [2.24, 2.45) is 5.10 Å². The van der Waals surface area contributed by atoms with Gasteiger partial charge in [0.15, 0.2) is 16.7 Å². The Bertz CT molecular complexity index is 1250. The van der Waals surface area contributed by atoms with Gasteiger partial charge in [-0.15, -0.1) is 0 Å². The first-order valence-electron chi connectivity index (χ1n) is 9.95. The normalized spacial score (nSPS) is 11.2. The highest BCUT2D eigenvalue weighted by Gasteiger charge is 2.13. The van der Waals surface area contributed by atoms with Crippen LogP contribution in [0.5, 0.6) is 11.5 Å². The van der Waals surface area contributed by atoms with Crippen LogP contribution in [-0.4, -0.2) is 39.6 Å². The van der Waals surface area contributed by atoms with Gasteiger partial charge in [-0.25, -0.2) is 10.4 Å². The van der Waals surface area contributed by atoms with Crippen molar-refractivity contribution in [1.29, 1.82) is 0 Å². The number of ether oxygens (including phenoxy) is 1. The summed E-state index contributed by atoms with van der Waals surface area (Å²) in [6.07, 6.45) is 1.50. The van der Waals surface area contributed by atoms with E-state index in [0.29, 0.717) is 17.9 Å². The lowest BCUT2D eigenvalue weighted by Gasteiger charge is -2.09. The number of nitrogens with zero attached hydrogens (tertiary/aromatic N) is 3. The number of fused-ring (bicyclic) bond motifs is 1. The molecule has 8 heteroatoms. The number of hydrogen-bond donors (Lipinski definition) is 2. The molecule has 32 heavy (non-hydrogen) atoms. The molecule has 3 aromatic carbocycles. The molecule has 162 valence electrons. The average Bonchev–Trinajstić information content (AvgIpc) is 3.17. The van der Waals surface area contributed by atoms with E-state index in [0.717, 1.165) is 21.8 Å². The Hall–Kier alpha value is -3.78.